The van der Waals surface area contributed by atoms with Crippen LogP contribution in [0.25, 0.3) is 0 Å². The molecule has 196 valence electrons. The van der Waals surface area contributed by atoms with E-state index in [2.05, 4.69) is 10.6 Å². The van der Waals surface area contributed by atoms with Crippen LogP contribution < -0.4 is 16.4 Å². The Morgan fingerprint density at radius 1 is 1.09 bits per heavy atom. The zero-order valence-electron chi connectivity index (χ0n) is 22.0. The second kappa shape index (κ2) is 11.9. The minimum Gasteiger partial charge on any atom is -0.508 e. The fourth-order valence-corrected chi connectivity index (χ4v) is 3.40. The molecule has 3 unspecified atom stereocenters. The molecule has 5 N–H and O–H groups in total. The van der Waals surface area contributed by atoms with E-state index in [0.29, 0.717) is 6.42 Å². The lowest BCUT2D eigenvalue weighted by Gasteiger charge is -2.39. The van der Waals surface area contributed by atoms with Crippen LogP contribution >= 0.6 is 0 Å². The monoisotopic (exact) mass is 492 g/mol. The van der Waals surface area contributed by atoms with Crippen molar-refractivity contribution in [2.24, 2.45) is 5.73 Å². The van der Waals surface area contributed by atoms with Gasteiger partial charge in [-0.25, -0.2) is 4.79 Å². The van der Waals surface area contributed by atoms with Crippen LogP contribution in [0, 0.1) is 0 Å². The standard InChI is InChI=1S/C25H40N4O6/c1-9-15(2)29(22(33)17(14-19(26)31)27-23(34)35-25(6,7)8)20(21(32)28-24(3,4)5)16-12-10-11-13-18(16)30/h10-13,15,17,20,30H,9,14H2,1-8H3,(H2,26,31)(H,27,34)(H,28,32). The molecule has 1 aromatic carbocycles. The number of primary amides is 1. The van der Waals surface area contributed by atoms with Crippen molar-refractivity contribution in [2.75, 3.05) is 0 Å². The molecular formula is C25H40N4O6. The highest BCUT2D eigenvalue weighted by Crippen LogP contribution is 2.32. The number of alkyl carbamates (subject to hydrolysis) is 1. The van der Waals surface area contributed by atoms with Gasteiger partial charge in [-0.3, -0.25) is 14.4 Å². The van der Waals surface area contributed by atoms with Gasteiger partial charge in [-0.15, -0.1) is 0 Å². The van der Waals surface area contributed by atoms with Crippen LogP contribution in [0.1, 0.15) is 79.8 Å². The lowest BCUT2D eigenvalue weighted by molar-refractivity contribution is -0.146. The zero-order chi connectivity index (χ0) is 27.1. The number of phenols is 1. The van der Waals surface area contributed by atoms with E-state index in [0.717, 1.165) is 0 Å². The van der Waals surface area contributed by atoms with Crippen LogP contribution in [0.3, 0.4) is 0 Å². The van der Waals surface area contributed by atoms with Crippen LogP contribution in [-0.4, -0.2) is 57.0 Å². The zero-order valence-corrected chi connectivity index (χ0v) is 22.0. The molecule has 0 aliphatic carbocycles. The van der Waals surface area contributed by atoms with E-state index in [4.69, 9.17) is 10.5 Å². The maximum absolute atomic E-state index is 13.9. The van der Waals surface area contributed by atoms with Gasteiger partial charge in [0.05, 0.1) is 6.42 Å². The normalized spacial score (nSPS) is 14.3. The van der Waals surface area contributed by atoms with Crippen molar-refractivity contribution < 1.29 is 29.0 Å². The molecule has 0 aliphatic rings. The molecule has 0 saturated heterocycles. The second-order valence-electron chi connectivity index (χ2n) is 10.6. The minimum absolute atomic E-state index is 0.172. The van der Waals surface area contributed by atoms with Crippen LogP contribution in [0.4, 0.5) is 4.79 Å². The third-order valence-electron chi connectivity index (χ3n) is 4.97. The molecule has 35 heavy (non-hydrogen) atoms. The number of hydrogen-bond acceptors (Lipinski definition) is 6. The van der Waals surface area contributed by atoms with E-state index in [-0.39, 0.29) is 11.3 Å². The van der Waals surface area contributed by atoms with Crippen molar-refractivity contribution in [2.45, 2.75) is 97.5 Å². The quantitative estimate of drug-likeness (QED) is 0.416. The summed E-state index contributed by atoms with van der Waals surface area (Å²) >= 11 is 0. The van der Waals surface area contributed by atoms with Gasteiger partial charge in [0.25, 0.3) is 0 Å². The number of nitrogens with zero attached hydrogens (tertiary/aromatic N) is 1. The first-order valence-electron chi connectivity index (χ1n) is 11.7. The number of para-hydroxylation sites is 1. The van der Waals surface area contributed by atoms with Crippen LogP contribution in [0.15, 0.2) is 24.3 Å². The van der Waals surface area contributed by atoms with Gasteiger partial charge in [-0.1, -0.05) is 25.1 Å². The molecule has 1 rings (SSSR count). The lowest BCUT2D eigenvalue weighted by atomic mass is 9.97. The molecule has 0 radical (unpaired) electrons. The first-order valence-corrected chi connectivity index (χ1v) is 11.7. The van der Waals surface area contributed by atoms with Crippen molar-refractivity contribution >= 4 is 23.8 Å². The van der Waals surface area contributed by atoms with E-state index >= 15 is 0 Å². The molecule has 3 atom stereocenters. The van der Waals surface area contributed by atoms with Crippen molar-refractivity contribution in [3.8, 4) is 5.75 Å². The van der Waals surface area contributed by atoms with Crippen LogP contribution in [-0.2, 0) is 19.1 Å². The number of carbonyl (C=O) groups excluding carboxylic acids is 4. The van der Waals surface area contributed by atoms with Crippen molar-refractivity contribution in [1.82, 2.24) is 15.5 Å². The van der Waals surface area contributed by atoms with Crippen LogP contribution in [0.2, 0.25) is 0 Å². The number of carbonyl (C=O) groups is 4. The van der Waals surface area contributed by atoms with E-state index in [1.807, 2.05) is 6.92 Å². The molecule has 0 bridgehead atoms. The third-order valence-corrected chi connectivity index (χ3v) is 4.97. The number of nitrogens with one attached hydrogen (secondary N) is 2. The highest BCUT2D eigenvalue weighted by molar-refractivity contribution is 5.95. The fourth-order valence-electron chi connectivity index (χ4n) is 3.40. The largest absolute Gasteiger partial charge is 0.508 e. The van der Waals surface area contributed by atoms with Gasteiger partial charge in [0.1, 0.15) is 23.4 Å². The van der Waals surface area contributed by atoms with Gasteiger partial charge in [0.2, 0.25) is 17.7 Å². The van der Waals surface area contributed by atoms with Gasteiger partial charge >= 0.3 is 6.09 Å². The summed E-state index contributed by atoms with van der Waals surface area (Å²) in [5.74, 6) is -2.22. The van der Waals surface area contributed by atoms with Crippen molar-refractivity contribution in [3.05, 3.63) is 29.8 Å². The van der Waals surface area contributed by atoms with Crippen molar-refractivity contribution in [3.63, 3.8) is 0 Å². The maximum Gasteiger partial charge on any atom is 0.408 e. The first kappa shape index (κ1) is 29.7. The lowest BCUT2D eigenvalue weighted by Crippen LogP contribution is -2.57. The average Bonchev–Trinajstić information content (AvgIpc) is 2.68. The predicted octanol–water partition coefficient (Wildman–Crippen LogP) is 2.74. The molecule has 0 aromatic heterocycles. The van der Waals surface area contributed by atoms with Crippen molar-refractivity contribution in [1.29, 1.82) is 0 Å². The molecule has 0 heterocycles. The summed E-state index contributed by atoms with van der Waals surface area (Å²) in [7, 11) is 0. The Bertz CT molecular complexity index is 919. The average molecular weight is 493 g/mol. The van der Waals surface area contributed by atoms with E-state index in [1.165, 1.54) is 11.0 Å². The summed E-state index contributed by atoms with van der Waals surface area (Å²) in [6, 6.07) is 3.09. The number of phenolic OH excluding ortho intramolecular Hbond substituents is 1. The summed E-state index contributed by atoms with van der Waals surface area (Å²) in [5.41, 5.74) is 4.11. The van der Waals surface area contributed by atoms with E-state index in [1.54, 1.807) is 66.7 Å². The topological polar surface area (TPSA) is 151 Å². The molecular weight excluding hydrogens is 452 g/mol. The number of ether oxygens (including phenoxy) is 1. The third kappa shape index (κ3) is 9.46. The van der Waals surface area contributed by atoms with Crippen LogP contribution in [0.5, 0.6) is 5.75 Å². The van der Waals surface area contributed by atoms with Gasteiger partial charge in [-0.2, -0.15) is 0 Å². The Labute approximate surface area is 207 Å². The number of benzene rings is 1. The Hall–Kier alpha value is -3.30. The number of amides is 4. The first-order chi connectivity index (χ1) is 16.0. The molecule has 1 aromatic rings. The summed E-state index contributed by atoms with van der Waals surface area (Å²) in [6.07, 6.45) is -0.951. The van der Waals surface area contributed by atoms with Gasteiger partial charge < -0.3 is 31.1 Å². The maximum atomic E-state index is 13.9. The molecule has 10 nitrogen and oxygen atoms in total. The second-order valence-corrected chi connectivity index (χ2v) is 10.6. The summed E-state index contributed by atoms with van der Waals surface area (Å²) in [6.45, 7) is 13.9. The van der Waals surface area contributed by atoms with Gasteiger partial charge in [-0.05, 0) is 61.0 Å². The van der Waals surface area contributed by atoms with Gasteiger partial charge in [0.15, 0.2) is 0 Å². The summed E-state index contributed by atoms with van der Waals surface area (Å²) < 4.78 is 5.25. The van der Waals surface area contributed by atoms with E-state index < -0.39 is 59.5 Å². The summed E-state index contributed by atoms with van der Waals surface area (Å²) in [4.78, 5) is 52.9. The molecule has 0 aliphatic heterocycles. The predicted molar refractivity (Wildman–Crippen MR) is 132 cm³/mol. The molecule has 10 heteroatoms. The number of aromatic hydroxyl groups is 1. The molecule has 4 amide bonds. The molecule has 0 fully saturated rings. The molecule has 0 saturated carbocycles. The number of nitrogens with two attached hydrogens (primary N) is 1. The fraction of sp³-hybridized carbons (Fsp3) is 0.600. The SMILES string of the molecule is CCC(C)N(C(=O)C(CC(N)=O)NC(=O)OC(C)(C)C)C(C(=O)NC(C)(C)C)c1ccccc1O. The Balaban J connectivity index is 3.59. The Morgan fingerprint density at radius 3 is 2.11 bits per heavy atom. The molecule has 0 spiro atoms. The Morgan fingerprint density at radius 2 is 1.66 bits per heavy atom. The van der Waals surface area contributed by atoms with Gasteiger partial charge in [0, 0.05) is 17.1 Å². The Kier molecular flexibility index (Phi) is 10.1. The highest BCUT2D eigenvalue weighted by Gasteiger charge is 2.40. The van der Waals surface area contributed by atoms with E-state index in [9.17, 15) is 24.3 Å². The number of hydrogen-bond donors (Lipinski definition) is 4. The summed E-state index contributed by atoms with van der Waals surface area (Å²) in [5, 5.41) is 15.9. The highest BCUT2D eigenvalue weighted by atomic mass is 16.6. The smallest absolute Gasteiger partial charge is 0.408 e. The minimum atomic E-state index is -1.38. The number of rotatable bonds is 9.